The zero-order valence-electron chi connectivity index (χ0n) is 10.4. The van der Waals surface area contributed by atoms with Gasteiger partial charge in [0.25, 0.3) is 10.0 Å². The highest BCUT2D eigenvalue weighted by molar-refractivity contribution is 7.92. The van der Waals surface area contributed by atoms with Gasteiger partial charge in [0, 0.05) is 11.8 Å². The van der Waals surface area contributed by atoms with Crippen LogP contribution in [0.4, 0.5) is 5.82 Å². The minimum Gasteiger partial charge on any atom is -0.392 e. The molecule has 1 heterocycles. The molecule has 0 aliphatic heterocycles. The number of nitrogens with zero attached hydrogens (tertiary/aromatic N) is 1. The molecule has 0 saturated heterocycles. The molecule has 5 nitrogen and oxygen atoms in total. The predicted molar refractivity (Wildman–Crippen MR) is 72.1 cm³/mol. The van der Waals surface area contributed by atoms with Crippen LogP contribution in [0.15, 0.2) is 47.5 Å². The summed E-state index contributed by atoms with van der Waals surface area (Å²) in [5.41, 5.74) is 1.41. The first-order valence-electron chi connectivity index (χ1n) is 5.67. The summed E-state index contributed by atoms with van der Waals surface area (Å²) in [6.07, 6.45) is 1.46. The fourth-order valence-electron chi connectivity index (χ4n) is 1.56. The molecule has 19 heavy (non-hydrogen) atoms. The molecule has 0 atom stereocenters. The molecule has 2 N–H and O–H groups in total. The number of hydrogen-bond acceptors (Lipinski definition) is 4. The molecule has 0 fully saturated rings. The Hall–Kier alpha value is -1.92. The second-order valence-corrected chi connectivity index (χ2v) is 5.77. The molecular formula is C13H14N2O3S. The molecular weight excluding hydrogens is 264 g/mol. The van der Waals surface area contributed by atoms with E-state index in [0.29, 0.717) is 5.56 Å². The fraction of sp³-hybridized carbons (Fsp3) is 0.154. The van der Waals surface area contributed by atoms with Gasteiger partial charge < -0.3 is 5.11 Å². The Morgan fingerprint density at radius 1 is 1.21 bits per heavy atom. The molecule has 0 saturated carbocycles. The third-order valence-corrected chi connectivity index (χ3v) is 3.98. The number of rotatable bonds is 4. The molecule has 0 radical (unpaired) electrons. The van der Waals surface area contributed by atoms with Gasteiger partial charge in [-0.1, -0.05) is 23.8 Å². The Kier molecular flexibility index (Phi) is 3.82. The van der Waals surface area contributed by atoms with Crippen molar-refractivity contribution in [2.45, 2.75) is 18.4 Å². The lowest BCUT2D eigenvalue weighted by Gasteiger charge is -2.10. The third kappa shape index (κ3) is 3.10. The predicted octanol–water partition coefficient (Wildman–Crippen LogP) is 1.68. The van der Waals surface area contributed by atoms with Crippen LogP contribution >= 0.6 is 0 Å². The van der Waals surface area contributed by atoms with Gasteiger partial charge >= 0.3 is 0 Å². The van der Waals surface area contributed by atoms with Crippen molar-refractivity contribution < 1.29 is 13.5 Å². The Morgan fingerprint density at radius 2 is 1.89 bits per heavy atom. The average molecular weight is 278 g/mol. The van der Waals surface area contributed by atoms with E-state index in [1.54, 1.807) is 24.3 Å². The van der Waals surface area contributed by atoms with E-state index in [0.717, 1.165) is 5.56 Å². The van der Waals surface area contributed by atoms with Gasteiger partial charge in [-0.3, -0.25) is 4.72 Å². The highest BCUT2D eigenvalue weighted by atomic mass is 32.2. The lowest BCUT2D eigenvalue weighted by atomic mass is 10.2. The highest BCUT2D eigenvalue weighted by Crippen LogP contribution is 2.18. The van der Waals surface area contributed by atoms with Gasteiger partial charge in [-0.05, 0) is 25.1 Å². The van der Waals surface area contributed by atoms with Crippen LogP contribution < -0.4 is 4.72 Å². The summed E-state index contributed by atoms with van der Waals surface area (Å²) in [7, 11) is -3.69. The summed E-state index contributed by atoms with van der Waals surface area (Å²) in [5, 5.41) is 9.15. The Morgan fingerprint density at radius 3 is 2.53 bits per heavy atom. The molecule has 100 valence electrons. The van der Waals surface area contributed by atoms with Crippen molar-refractivity contribution in [2.75, 3.05) is 4.72 Å². The Balaban J connectivity index is 2.34. The van der Waals surface area contributed by atoms with E-state index in [9.17, 15) is 8.42 Å². The lowest BCUT2D eigenvalue weighted by molar-refractivity contribution is 0.282. The van der Waals surface area contributed by atoms with Crippen LogP contribution in [0.25, 0.3) is 0 Å². The fourth-order valence-corrected chi connectivity index (χ4v) is 2.61. The van der Waals surface area contributed by atoms with Gasteiger partial charge in [-0.2, -0.15) is 0 Å². The number of nitrogens with one attached hydrogen (secondary N) is 1. The number of aliphatic hydroxyl groups excluding tert-OH is 1. The normalized spacial score (nSPS) is 11.3. The van der Waals surface area contributed by atoms with Crippen LogP contribution in [0, 0.1) is 6.92 Å². The van der Waals surface area contributed by atoms with Crippen molar-refractivity contribution in [2.24, 2.45) is 0 Å². The highest BCUT2D eigenvalue weighted by Gasteiger charge is 2.16. The monoisotopic (exact) mass is 278 g/mol. The molecule has 1 aromatic heterocycles. The Bertz CT molecular complexity index is 667. The van der Waals surface area contributed by atoms with Crippen LogP contribution in [-0.4, -0.2) is 18.5 Å². The van der Waals surface area contributed by atoms with E-state index in [-0.39, 0.29) is 17.3 Å². The number of pyridine rings is 1. The summed E-state index contributed by atoms with van der Waals surface area (Å²) in [6.45, 7) is 1.60. The number of benzene rings is 1. The maximum absolute atomic E-state index is 12.1. The topological polar surface area (TPSA) is 79.3 Å². The van der Waals surface area contributed by atoms with Gasteiger partial charge in [-0.25, -0.2) is 13.4 Å². The first-order valence-corrected chi connectivity index (χ1v) is 7.15. The number of aliphatic hydroxyl groups is 1. The van der Waals surface area contributed by atoms with E-state index in [1.807, 2.05) is 6.92 Å². The van der Waals surface area contributed by atoms with E-state index in [4.69, 9.17) is 5.11 Å². The zero-order valence-corrected chi connectivity index (χ0v) is 11.2. The van der Waals surface area contributed by atoms with Crippen LogP contribution in [-0.2, 0) is 16.6 Å². The zero-order chi connectivity index (χ0) is 13.9. The largest absolute Gasteiger partial charge is 0.392 e. The van der Waals surface area contributed by atoms with Gasteiger partial charge in [0.05, 0.1) is 11.5 Å². The summed E-state index contributed by atoms with van der Waals surface area (Å²) >= 11 is 0. The summed E-state index contributed by atoms with van der Waals surface area (Å²) in [6, 6.07) is 9.74. The molecule has 0 aliphatic rings. The van der Waals surface area contributed by atoms with Gasteiger partial charge in [-0.15, -0.1) is 0 Å². The SMILES string of the molecule is Cc1ccc(S(=O)(=O)Nc2ncccc2CO)cc1. The lowest BCUT2D eigenvalue weighted by Crippen LogP contribution is -2.15. The minimum absolute atomic E-state index is 0.144. The van der Waals surface area contributed by atoms with Crippen molar-refractivity contribution in [3.8, 4) is 0 Å². The summed E-state index contributed by atoms with van der Waals surface area (Å²) < 4.78 is 26.7. The van der Waals surface area contributed by atoms with Crippen molar-refractivity contribution >= 4 is 15.8 Å². The number of aromatic nitrogens is 1. The van der Waals surface area contributed by atoms with E-state index >= 15 is 0 Å². The molecule has 6 heteroatoms. The molecule has 2 rings (SSSR count). The number of sulfonamides is 1. The standard InChI is InChI=1S/C13H14N2O3S/c1-10-4-6-12(7-5-10)19(17,18)15-13-11(9-16)3-2-8-14-13/h2-8,16H,9H2,1H3,(H,14,15). The van der Waals surface area contributed by atoms with E-state index in [1.165, 1.54) is 18.3 Å². The quantitative estimate of drug-likeness (QED) is 0.892. The summed E-state index contributed by atoms with van der Waals surface area (Å²) in [4.78, 5) is 4.09. The molecule has 0 unspecified atom stereocenters. The number of hydrogen-bond donors (Lipinski definition) is 2. The Labute approximate surface area is 112 Å². The second kappa shape index (κ2) is 5.38. The van der Waals surface area contributed by atoms with Gasteiger partial charge in [0.1, 0.15) is 5.82 Å². The van der Waals surface area contributed by atoms with Crippen molar-refractivity contribution in [1.82, 2.24) is 4.98 Å². The van der Waals surface area contributed by atoms with Crippen LogP contribution in [0.2, 0.25) is 0 Å². The van der Waals surface area contributed by atoms with Crippen molar-refractivity contribution in [3.05, 3.63) is 53.7 Å². The van der Waals surface area contributed by atoms with Gasteiger partial charge in [0.2, 0.25) is 0 Å². The average Bonchev–Trinajstić information content (AvgIpc) is 2.39. The first kappa shape index (κ1) is 13.5. The molecule has 0 amide bonds. The third-order valence-electron chi connectivity index (χ3n) is 2.62. The second-order valence-electron chi connectivity index (χ2n) is 4.09. The van der Waals surface area contributed by atoms with Crippen molar-refractivity contribution in [3.63, 3.8) is 0 Å². The van der Waals surface area contributed by atoms with Crippen molar-refractivity contribution in [1.29, 1.82) is 0 Å². The number of anilines is 1. The van der Waals surface area contributed by atoms with E-state index in [2.05, 4.69) is 9.71 Å². The number of aryl methyl sites for hydroxylation is 1. The molecule has 0 bridgehead atoms. The summed E-state index contributed by atoms with van der Waals surface area (Å²) in [5.74, 6) is 0.144. The molecule has 1 aromatic carbocycles. The minimum atomic E-state index is -3.69. The first-order chi connectivity index (χ1) is 9.03. The van der Waals surface area contributed by atoms with Gasteiger partial charge in [0.15, 0.2) is 0 Å². The molecule has 0 spiro atoms. The maximum atomic E-state index is 12.1. The maximum Gasteiger partial charge on any atom is 0.263 e. The smallest absolute Gasteiger partial charge is 0.263 e. The van der Waals surface area contributed by atoms with E-state index < -0.39 is 10.0 Å². The van der Waals surface area contributed by atoms with Crippen LogP contribution in [0.3, 0.4) is 0 Å². The van der Waals surface area contributed by atoms with Crippen LogP contribution in [0.1, 0.15) is 11.1 Å². The molecule has 2 aromatic rings. The van der Waals surface area contributed by atoms with Crippen LogP contribution in [0.5, 0.6) is 0 Å². The molecule has 0 aliphatic carbocycles.